The quantitative estimate of drug-likeness (QED) is 0.578. The van der Waals surface area contributed by atoms with Gasteiger partial charge in [0, 0.05) is 18.6 Å². The molecule has 0 aromatic carbocycles. The van der Waals surface area contributed by atoms with Gasteiger partial charge >= 0.3 is 0 Å². The van der Waals surface area contributed by atoms with Gasteiger partial charge in [0.25, 0.3) is 0 Å². The molecule has 0 aliphatic carbocycles. The van der Waals surface area contributed by atoms with Gasteiger partial charge in [-0.1, -0.05) is 13.8 Å². The lowest BCUT2D eigenvalue weighted by atomic mass is 9.76. The van der Waals surface area contributed by atoms with Crippen LogP contribution in [0.1, 0.15) is 48.0 Å². The molecule has 0 aromatic rings. The van der Waals surface area contributed by atoms with E-state index in [1.165, 1.54) is 13.0 Å². The zero-order valence-electron chi connectivity index (χ0n) is 15.5. The van der Waals surface area contributed by atoms with Crippen molar-refractivity contribution in [2.45, 2.75) is 78.2 Å². The lowest BCUT2D eigenvalue weighted by Gasteiger charge is -2.41. The van der Waals surface area contributed by atoms with Crippen LogP contribution in [0.2, 0.25) is 0 Å². The van der Waals surface area contributed by atoms with Crippen molar-refractivity contribution in [3.8, 4) is 0 Å². The zero-order chi connectivity index (χ0) is 19.1. The second-order valence-corrected chi connectivity index (χ2v) is 6.93. The molecule has 144 valence electrons. The van der Waals surface area contributed by atoms with Gasteiger partial charge in [-0.25, -0.2) is 4.39 Å². The molecule has 1 aliphatic heterocycles. The van der Waals surface area contributed by atoms with E-state index >= 15 is 0 Å². The van der Waals surface area contributed by atoms with Crippen molar-refractivity contribution in [2.24, 2.45) is 5.41 Å². The van der Waals surface area contributed by atoms with Crippen LogP contribution in [0.4, 0.5) is 4.39 Å². The first-order valence-corrected chi connectivity index (χ1v) is 8.19. The van der Waals surface area contributed by atoms with Crippen LogP contribution in [0.25, 0.3) is 0 Å². The van der Waals surface area contributed by atoms with Crippen molar-refractivity contribution in [3.63, 3.8) is 0 Å². The highest BCUT2D eigenvalue weighted by Crippen LogP contribution is 2.39. The van der Waals surface area contributed by atoms with E-state index in [-0.39, 0.29) is 25.5 Å². The minimum atomic E-state index is -1.20. The third kappa shape index (κ3) is 6.38. The predicted octanol–water partition coefficient (Wildman–Crippen LogP) is 1.51. The van der Waals surface area contributed by atoms with Gasteiger partial charge in [-0.15, -0.1) is 0 Å². The molecule has 1 fully saturated rings. The van der Waals surface area contributed by atoms with E-state index in [2.05, 4.69) is 0 Å². The Hall–Kier alpha value is -0.570. The van der Waals surface area contributed by atoms with Crippen molar-refractivity contribution in [1.82, 2.24) is 0 Å². The highest BCUT2D eigenvalue weighted by atomic mass is 19.1. The van der Waals surface area contributed by atoms with Crippen molar-refractivity contribution >= 4 is 0 Å². The Morgan fingerprint density at radius 1 is 1.17 bits per heavy atom. The SMILES string of the molecule is C/C(F)=C\C(C)(C)C(C)(C)OC1OC(CCO)C(O)C1O.CCO. The molecule has 6 nitrogen and oxygen atoms in total. The van der Waals surface area contributed by atoms with Gasteiger partial charge in [-0.3, -0.25) is 0 Å². The number of hydrogen-bond donors (Lipinski definition) is 4. The third-order valence-electron chi connectivity index (χ3n) is 4.25. The summed E-state index contributed by atoms with van der Waals surface area (Å²) in [7, 11) is 0. The maximum atomic E-state index is 13.2. The molecule has 0 bridgehead atoms. The fraction of sp³-hybridized carbons (Fsp3) is 0.882. The Morgan fingerprint density at radius 2 is 1.67 bits per heavy atom. The summed E-state index contributed by atoms with van der Waals surface area (Å²) >= 11 is 0. The fourth-order valence-corrected chi connectivity index (χ4v) is 2.29. The van der Waals surface area contributed by atoms with Crippen LogP contribution < -0.4 is 0 Å². The van der Waals surface area contributed by atoms with E-state index < -0.39 is 35.6 Å². The molecular formula is C17H33FO6. The number of aliphatic hydroxyl groups excluding tert-OH is 4. The van der Waals surface area contributed by atoms with Crippen LogP contribution in [0.3, 0.4) is 0 Å². The number of aliphatic hydroxyl groups is 4. The van der Waals surface area contributed by atoms with Crippen molar-refractivity contribution < 1.29 is 34.3 Å². The molecule has 4 unspecified atom stereocenters. The lowest BCUT2D eigenvalue weighted by molar-refractivity contribution is -0.239. The average Bonchev–Trinajstić information content (AvgIpc) is 2.66. The highest BCUT2D eigenvalue weighted by molar-refractivity contribution is 5.06. The van der Waals surface area contributed by atoms with E-state index in [1.807, 2.05) is 13.8 Å². The van der Waals surface area contributed by atoms with Gasteiger partial charge in [0.2, 0.25) is 0 Å². The zero-order valence-corrected chi connectivity index (χ0v) is 15.5. The van der Waals surface area contributed by atoms with Crippen molar-refractivity contribution in [3.05, 3.63) is 11.9 Å². The predicted molar refractivity (Wildman–Crippen MR) is 88.9 cm³/mol. The molecule has 1 aliphatic rings. The average molecular weight is 352 g/mol. The number of rotatable bonds is 6. The molecule has 24 heavy (non-hydrogen) atoms. The molecule has 0 radical (unpaired) electrons. The van der Waals surface area contributed by atoms with Gasteiger partial charge in [-0.2, -0.15) is 0 Å². The Kier molecular flexibility index (Phi) is 9.56. The highest BCUT2D eigenvalue weighted by Gasteiger charge is 2.48. The van der Waals surface area contributed by atoms with Crippen LogP contribution in [0.15, 0.2) is 11.9 Å². The van der Waals surface area contributed by atoms with Crippen LogP contribution in [0.5, 0.6) is 0 Å². The van der Waals surface area contributed by atoms with Gasteiger partial charge in [0.05, 0.1) is 17.5 Å². The number of allylic oxidation sites excluding steroid dienone is 1. The molecule has 1 heterocycles. The molecule has 4 atom stereocenters. The van der Waals surface area contributed by atoms with E-state index in [1.54, 1.807) is 20.8 Å². The van der Waals surface area contributed by atoms with Gasteiger partial charge in [0.15, 0.2) is 6.29 Å². The molecule has 1 saturated heterocycles. The fourth-order valence-electron chi connectivity index (χ4n) is 2.29. The minimum absolute atomic E-state index is 0.153. The first-order chi connectivity index (χ1) is 10.9. The van der Waals surface area contributed by atoms with Gasteiger partial charge in [0.1, 0.15) is 12.2 Å². The summed E-state index contributed by atoms with van der Waals surface area (Å²) < 4.78 is 24.5. The maximum absolute atomic E-state index is 13.2. The minimum Gasteiger partial charge on any atom is -0.397 e. The van der Waals surface area contributed by atoms with Crippen LogP contribution in [0, 0.1) is 5.41 Å². The number of halogens is 1. The standard InChI is InChI=1S/C15H27FO5.C2H6O/c1-9(16)8-14(2,3)15(4,5)21-13-12(19)11(18)10(20-13)6-7-17;1-2-3/h8,10-13,17-19H,6-7H2,1-5H3;3H,2H2,1H3/b9-8+;. The van der Waals surface area contributed by atoms with E-state index in [0.29, 0.717) is 0 Å². The molecule has 0 aromatic heterocycles. The van der Waals surface area contributed by atoms with E-state index in [0.717, 1.165) is 0 Å². The van der Waals surface area contributed by atoms with Crippen molar-refractivity contribution in [2.75, 3.05) is 13.2 Å². The monoisotopic (exact) mass is 352 g/mol. The first kappa shape index (κ1) is 23.4. The van der Waals surface area contributed by atoms with Gasteiger partial charge < -0.3 is 29.9 Å². The van der Waals surface area contributed by atoms with Gasteiger partial charge in [-0.05, 0) is 40.2 Å². The Labute approximate surface area is 143 Å². The van der Waals surface area contributed by atoms with E-state index in [4.69, 9.17) is 19.7 Å². The summed E-state index contributed by atoms with van der Waals surface area (Å²) in [6.07, 6.45) is -2.33. The Bertz CT molecular complexity index is 393. The second-order valence-electron chi connectivity index (χ2n) is 6.93. The van der Waals surface area contributed by atoms with Crippen LogP contribution >= 0.6 is 0 Å². The normalized spacial score (nSPS) is 28.5. The summed E-state index contributed by atoms with van der Waals surface area (Å²) in [6, 6.07) is 0. The van der Waals surface area contributed by atoms with E-state index in [9.17, 15) is 14.6 Å². The smallest absolute Gasteiger partial charge is 0.187 e. The summed E-state index contributed by atoms with van der Waals surface area (Å²) in [4.78, 5) is 0. The third-order valence-corrected chi connectivity index (χ3v) is 4.25. The summed E-state index contributed by atoms with van der Waals surface area (Å²) in [5.74, 6) is -0.317. The molecule has 0 saturated carbocycles. The summed E-state index contributed by atoms with van der Waals surface area (Å²) in [5, 5.41) is 36.3. The topological polar surface area (TPSA) is 99.4 Å². The molecule has 0 amide bonds. The summed E-state index contributed by atoms with van der Waals surface area (Å²) in [5.41, 5.74) is -1.48. The molecule has 0 spiro atoms. The number of hydrogen-bond acceptors (Lipinski definition) is 6. The van der Waals surface area contributed by atoms with Crippen LogP contribution in [-0.2, 0) is 9.47 Å². The Balaban J connectivity index is 0.00000163. The van der Waals surface area contributed by atoms with Crippen LogP contribution in [-0.4, -0.2) is 63.8 Å². The maximum Gasteiger partial charge on any atom is 0.187 e. The molecular weight excluding hydrogens is 319 g/mol. The first-order valence-electron chi connectivity index (χ1n) is 8.19. The molecule has 1 rings (SSSR count). The second kappa shape index (κ2) is 9.79. The largest absolute Gasteiger partial charge is 0.397 e. The molecule has 4 N–H and O–H groups in total. The number of ether oxygens (including phenoxy) is 2. The molecule has 7 heteroatoms. The van der Waals surface area contributed by atoms with Crippen molar-refractivity contribution in [1.29, 1.82) is 0 Å². The Morgan fingerprint density at radius 3 is 2.08 bits per heavy atom. The lowest BCUT2D eigenvalue weighted by Crippen LogP contribution is -2.46. The summed E-state index contributed by atoms with van der Waals surface area (Å²) in [6.45, 7) is 10.3.